The van der Waals surface area contributed by atoms with E-state index in [1.807, 2.05) is 41.3 Å². The zero-order valence-electron chi connectivity index (χ0n) is 14.0. The van der Waals surface area contributed by atoms with Crippen LogP contribution in [0.15, 0.2) is 41.3 Å². The molecule has 1 aliphatic heterocycles. The lowest BCUT2D eigenvalue weighted by Crippen LogP contribution is -2.41. The average molecular weight is 378 g/mol. The van der Waals surface area contributed by atoms with Gasteiger partial charge in [-0.3, -0.25) is 9.59 Å². The first-order chi connectivity index (χ1) is 12.1. The van der Waals surface area contributed by atoms with E-state index in [0.29, 0.717) is 36.7 Å². The number of hydrogen-bond donors (Lipinski definition) is 0. The van der Waals surface area contributed by atoms with E-state index in [9.17, 15) is 9.59 Å². The number of methoxy groups -OCH3 is 1. The molecule has 0 N–H and O–H groups in total. The minimum Gasteiger partial charge on any atom is -0.469 e. The van der Waals surface area contributed by atoms with Crippen molar-refractivity contribution in [2.75, 3.05) is 26.0 Å². The maximum absolute atomic E-state index is 12.5. The summed E-state index contributed by atoms with van der Waals surface area (Å²) in [5.41, 5.74) is 0. The molecule has 0 saturated carbocycles. The number of likely N-dealkylation sites (tertiary alicyclic amines) is 1. The Morgan fingerprint density at radius 3 is 2.56 bits per heavy atom. The van der Waals surface area contributed by atoms with Crippen LogP contribution in [0.1, 0.15) is 12.8 Å². The number of esters is 1. The second kappa shape index (κ2) is 8.11. The summed E-state index contributed by atoms with van der Waals surface area (Å²) in [4.78, 5) is 26.9. The highest BCUT2D eigenvalue weighted by atomic mass is 35.5. The Balaban J connectivity index is 1.61. The number of carbonyl (C=O) groups is 2. The quantitative estimate of drug-likeness (QED) is 0.597. The van der Waals surface area contributed by atoms with Gasteiger partial charge in [-0.25, -0.2) is 0 Å². The summed E-state index contributed by atoms with van der Waals surface area (Å²) in [6.07, 6.45) is 1.34. The lowest BCUT2D eigenvalue weighted by atomic mass is 9.97. The van der Waals surface area contributed by atoms with Crippen LogP contribution in [0.5, 0.6) is 0 Å². The number of benzene rings is 2. The molecule has 1 aliphatic rings. The van der Waals surface area contributed by atoms with Crippen molar-refractivity contribution in [3.63, 3.8) is 0 Å². The number of nitrogens with zero attached hydrogens (tertiary/aromatic N) is 1. The van der Waals surface area contributed by atoms with Crippen molar-refractivity contribution in [1.29, 1.82) is 0 Å². The van der Waals surface area contributed by atoms with Gasteiger partial charge in [0.15, 0.2) is 0 Å². The first-order valence-corrected chi connectivity index (χ1v) is 9.62. The number of thioether (sulfide) groups is 1. The van der Waals surface area contributed by atoms with Gasteiger partial charge in [-0.2, -0.15) is 0 Å². The van der Waals surface area contributed by atoms with Crippen molar-refractivity contribution in [2.45, 2.75) is 17.7 Å². The predicted molar refractivity (Wildman–Crippen MR) is 101 cm³/mol. The van der Waals surface area contributed by atoms with E-state index >= 15 is 0 Å². The summed E-state index contributed by atoms with van der Waals surface area (Å²) in [7, 11) is 1.41. The van der Waals surface area contributed by atoms with Gasteiger partial charge in [0.25, 0.3) is 0 Å². The van der Waals surface area contributed by atoms with Crippen LogP contribution >= 0.6 is 23.4 Å². The average Bonchev–Trinajstić information content (AvgIpc) is 2.65. The Bertz CT molecular complexity index is 782. The SMILES string of the molecule is COC(=O)C1CCN(C(=O)CSc2cccc3cccc(Cl)c23)CC1. The number of ether oxygens (including phenoxy) is 1. The third-order valence-electron chi connectivity index (χ3n) is 4.55. The zero-order valence-corrected chi connectivity index (χ0v) is 15.6. The molecule has 1 heterocycles. The van der Waals surface area contributed by atoms with E-state index in [1.54, 1.807) is 0 Å². The fourth-order valence-corrected chi connectivity index (χ4v) is 4.49. The van der Waals surface area contributed by atoms with E-state index in [-0.39, 0.29) is 17.8 Å². The number of fused-ring (bicyclic) bond motifs is 1. The van der Waals surface area contributed by atoms with Crippen molar-refractivity contribution >= 4 is 46.0 Å². The van der Waals surface area contributed by atoms with E-state index in [0.717, 1.165) is 15.7 Å². The van der Waals surface area contributed by atoms with Gasteiger partial charge in [-0.15, -0.1) is 11.8 Å². The van der Waals surface area contributed by atoms with Gasteiger partial charge in [-0.1, -0.05) is 35.9 Å². The second-order valence-electron chi connectivity index (χ2n) is 6.06. The van der Waals surface area contributed by atoms with Crippen molar-refractivity contribution in [3.8, 4) is 0 Å². The molecule has 0 aliphatic carbocycles. The Morgan fingerprint density at radius 2 is 1.88 bits per heavy atom. The molecule has 1 saturated heterocycles. The topological polar surface area (TPSA) is 46.6 Å². The third kappa shape index (κ3) is 4.10. The lowest BCUT2D eigenvalue weighted by Gasteiger charge is -2.30. The van der Waals surface area contributed by atoms with Crippen LogP contribution in [0.3, 0.4) is 0 Å². The summed E-state index contributed by atoms with van der Waals surface area (Å²) in [5, 5.41) is 2.77. The molecular weight excluding hydrogens is 358 g/mol. The minimum absolute atomic E-state index is 0.0847. The van der Waals surface area contributed by atoms with Crippen LogP contribution in [0.2, 0.25) is 5.02 Å². The van der Waals surface area contributed by atoms with Crippen LogP contribution in [-0.2, 0) is 14.3 Å². The Morgan fingerprint density at radius 1 is 1.20 bits per heavy atom. The molecule has 1 amide bonds. The molecule has 6 heteroatoms. The van der Waals surface area contributed by atoms with Gasteiger partial charge in [-0.05, 0) is 30.4 Å². The Kier molecular flexibility index (Phi) is 5.86. The molecule has 1 fully saturated rings. The van der Waals surface area contributed by atoms with Crippen LogP contribution in [0, 0.1) is 5.92 Å². The van der Waals surface area contributed by atoms with Crippen LogP contribution in [0.25, 0.3) is 10.8 Å². The third-order valence-corrected chi connectivity index (χ3v) is 5.91. The van der Waals surface area contributed by atoms with Gasteiger partial charge in [0.2, 0.25) is 5.91 Å². The largest absolute Gasteiger partial charge is 0.469 e. The monoisotopic (exact) mass is 377 g/mol. The molecule has 2 aromatic rings. The normalized spacial score (nSPS) is 15.4. The van der Waals surface area contributed by atoms with Gasteiger partial charge in [0.05, 0.1) is 18.8 Å². The molecule has 0 radical (unpaired) electrons. The number of halogens is 1. The van der Waals surface area contributed by atoms with Gasteiger partial charge in [0.1, 0.15) is 0 Å². The maximum atomic E-state index is 12.5. The van der Waals surface area contributed by atoms with Gasteiger partial charge < -0.3 is 9.64 Å². The van der Waals surface area contributed by atoms with E-state index in [4.69, 9.17) is 16.3 Å². The molecule has 0 spiro atoms. The van der Waals surface area contributed by atoms with E-state index in [2.05, 4.69) is 0 Å². The molecule has 0 aromatic heterocycles. The Labute approximate surface area is 156 Å². The van der Waals surface area contributed by atoms with E-state index < -0.39 is 0 Å². The number of carbonyl (C=O) groups excluding carboxylic acids is 2. The summed E-state index contributed by atoms with van der Waals surface area (Å²) in [6, 6.07) is 11.8. The van der Waals surface area contributed by atoms with Crippen LogP contribution < -0.4 is 0 Å². The molecule has 3 rings (SSSR count). The minimum atomic E-state index is -0.174. The Hall–Kier alpha value is -1.72. The molecule has 132 valence electrons. The summed E-state index contributed by atoms with van der Waals surface area (Å²) in [5.74, 6) is 0.204. The van der Waals surface area contributed by atoms with Gasteiger partial charge >= 0.3 is 5.97 Å². The predicted octanol–water partition coefficient (Wildman–Crippen LogP) is 4.00. The van der Waals surface area contributed by atoms with Crippen molar-refractivity contribution in [2.24, 2.45) is 5.92 Å². The number of piperidine rings is 1. The molecule has 0 atom stereocenters. The van der Waals surface area contributed by atoms with Crippen LogP contribution in [0.4, 0.5) is 0 Å². The highest BCUT2D eigenvalue weighted by Gasteiger charge is 2.27. The summed E-state index contributed by atoms with van der Waals surface area (Å²) < 4.78 is 4.78. The molecule has 4 nitrogen and oxygen atoms in total. The zero-order chi connectivity index (χ0) is 17.8. The van der Waals surface area contributed by atoms with E-state index in [1.165, 1.54) is 18.9 Å². The fraction of sp³-hybridized carbons (Fsp3) is 0.368. The maximum Gasteiger partial charge on any atom is 0.308 e. The first-order valence-electron chi connectivity index (χ1n) is 8.26. The molecule has 0 bridgehead atoms. The first kappa shape index (κ1) is 18.1. The smallest absolute Gasteiger partial charge is 0.308 e. The second-order valence-corrected chi connectivity index (χ2v) is 7.49. The molecule has 2 aromatic carbocycles. The molecule has 25 heavy (non-hydrogen) atoms. The fourth-order valence-electron chi connectivity index (χ4n) is 3.14. The standard InChI is InChI=1S/C19H20ClNO3S/c1-24-19(23)14-8-10-21(11-9-14)17(22)12-25-16-7-3-5-13-4-2-6-15(20)18(13)16/h2-7,14H,8-12H2,1H3. The summed E-state index contributed by atoms with van der Waals surface area (Å²) >= 11 is 7.84. The van der Waals surface area contributed by atoms with Crippen molar-refractivity contribution in [3.05, 3.63) is 41.4 Å². The molecule has 0 unspecified atom stereocenters. The summed E-state index contributed by atoms with van der Waals surface area (Å²) in [6.45, 7) is 1.21. The van der Waals surface area contributed by atoms with Crippen LogP contribution in [-0.4, -0.2) is 42.7 Å². The van der Waals surface area contributed by atoms with Crippen molar-refractivity contribution < 1.29 is 14.3 Å². The number of hydrogen-bond acceptors (Lipinski definition) is 4. The number of amides is 1. The highest BCUT2D eigenvalue weighted by Crippen LogP contribution is 2.33. The van der Waals surface area contributed by atoms with Crippen molar-refractivity contribution in [1.82, 2.24) is 4.90 Å². The number of rotatable bonds is 4. The lowest BCUT2D eigenvalue weighted by molar-refractivity contribution is -0.148. The highest BCUT2D eigenvalue weighted by molar-refractivity contribution is 8.00. The van der Waals surface area contributed by atoms with Gasteiger partial charge in [0, 0.05) is 28.4 Å². The molecular formula is C19H20ClNO3S.